The molecule has 116 valence electrons. The van der Waals surface area contributed by atoms with Gasteiger partial charge in [-0.2, -0.15) is 5.26 Å². The highest BCUT2D eigenvalue weighted by molar-refractivity contribution is 7.99. The van der Waals surface area contributed by atoms with Crippen LogP contribution in [0.25, 0.3) is 0 Å². The van der Waals surface area contributed by atoms with Gasteiger partial charge in [0.15, 0.2) is 5.16 Å². The fourth-order valence-corrected chi connectivity index (χ4v) is 4.40. The lowest BCUT2D eigenvalue weighted by atomic mass is 9.70. The lowest BCUT2D eigenvalue weighted by Crippen LogP contribution is -2.33. The third-order valence-corrected chi connectivity index (χ3v) is 5.82. The summed E-state index contributed by atoms with van der Waals surface area (Å²) < 4.78 is 1.64. The minimum absolute atomic E-state index is 0.0470. The van der Waals surface area contributed by atoms with Crippen LogP contribution in [0.3, 0.4) is 0 Å². The first-order valence-corrected chi connectivity index (χ1v) is 8.46. The molecular weight excluding hydrogens is 284 g/mol. The van der Waals surface area contributed by atoms with E-state index in [4.69, 9.17) is 0 Å². The smallest absolute Gasteiger partial charge is 0.270 e. The maximum absolute atomic E-state index is 11.7. The zero-order valence-electron chi connectivity index (χ0n) is 13.2. The van der Waals surface area contributed by atoms with Gasteiger partial charge in [-0.25, -0.2) is 9.89 Å². The van der Waals surface area contributed by atoms with Crippen molar-refractivity contribution in [3.8, 4) is 6.07 Å². The second kappa shape index (κ2) is 6.27. The number of nitriles is 1. The largest absolute Gasteiger partial charge is 0.343 e. The zero-order valence-corrected chi connectivity index (χ0v) is 14.0. The molecule has 0 amide bonds. The molecule has 2 rings (SSSR count). The third kappa shape index (κ3) is 3.52. The van der Waals surface area contributed by atoms with E-state index in [1.165, 1.54) is 0 Å². The first-order valence-electron chi connectivity index (χ1n) is 7.58. The number of aromatic amines is 1. The fourth-order valence-electron chi connectivity index (χ4n) is 3.00. The molecular formula is C15H24N4OS. The molecule has 5 nitrogen and oxygen atoms in total. The Balaban J connectivity index is 2.18. The average Bonchev–Trinajstić information content (AvgIpc) is 2.78. The molecule has 1 N–H and O–H groups in total. The maximum Gasteiger partial charge on any atom is 0.343 e. The van der Waals surface area contributed by atoms with Gasteiger partial charge in [-0.15, -0.1) is 5.10 Å². The highest BCUT2D eigenvalue weighted by Gasteiger charge is 2.37. The molecule has 1 aliphatic carbocycles. The van der Waals surface area contributed by atoms with E-state index in [1.807, 2.05) is 6.92 Å². The van der Waals surface area contributed by atoms with Gasteiger partial charge in [-0.05, 0) is 37.5 Å². The minimum Gasteiger partial charge on any atom is -0.270 e. The summed E-state index contributed by atoms with van der Waals surface area (Å²) in [4.78, 5) is 11.7. The van der Waals surface area contributed by atoms with Crippen molar-refractivity contribution in [3.63, 3.8) is 0 Å². The summed E-state index contributed by atoms with van der Waals surface area (Å²) in [7, 11) is 0. The van der Waals surface area contributed by atoms with Crippen LogP contribution in [0.1, 0.15) is 47.0 Å². The first kappa shape index (κ1) is 16.2. The van der Waals surface area contributed by atoms with Crippen LogP contribution < -0.4 is 5.69 Å². The monoisotopic (exact) mass is 308 g/mol. The zero-order chi connectivity index (χ0) is 15.6. The Morgan fingerprint density at radius 3 is 2.76 bits per heavy atom. The molecule has 0 saturated heterocycles. The standard InChI is InChI=1S/C15H24N4OS/c1-5-19-13(20)17-18-14(19)21-12-8-11(15(2,3)4)7-6-10(12)9-16/h10-12H,5-8H2,1-4H3,(H,17,20). The number of hydrogen-bond acceptors (Lipinski definition) is 4. The molecule has 0 aliphatic heterocycles. The second-order valence-corrected chi connectivity index (χ2v) is 8.03. The van der Waals surface area contributed by atoms with E-state index in [2.05, 4.69) is 37.0 Å². The van der Waals surface area contributed by atoms with E-state index in [0.717, 1.165) is 19.3 Å². The van der Waals surface area contributed by atoms with Gasteiger partial charge >= 0.3 is 5.69 Å². The summed E-state index contributed by atoms with van der Waals surface area (Å²) in [6, 6.07) is 2.44. The Labute approximate surface area is 130 Å². The lowest BCUT2D eigenvalue weighted by Gasteiger charge is -2.39. The van der Waals surface area contributed by atoms with Gasteiger partial charge in [0.05, 0.1) is 12.0 Å². The van der Waals surface area contributed by atoms with Crippen molar-refractivity contribution in [1.29, 1.82) is 5.26 Å². The molecule has 1 heterocycles. The van der Waals surface area contributed by atoms with Crippen LogP contribution in [-0.2, 0) is 6.54 Å². The van der Waals surface area contributed by atoms with Gasteiger partial charge in [0, 0.05) is 11.8 Å². The molecule has 1 aliphatic rings. The van der Waals surface area contributed by atoms with Crippen molar-refractivity contribution in [2.75, 3.05) is 0 Å². The number of nitrogens with one attached hydrogen (secondary N) is 1. The molecule has 0 radical (unpaired) electrons. The number of aromatic nitrogens is 3. The van der Waals surface area contributed by atoms with Crippen molar-refractivity contribution in [2.45, 2.75) is 63.9 Å². The van der Waals surface area contributed by atoms with Crippen LogP contribution in [-0.4, -0.2) is 20.0 Å². The van der Waals surface area contributed by atoms with Crippen LogP contribution in [0.2, 0.25) is 0 Å². The van der Waals surface area contributed by atoms with Crippen molar-refractivity contribution in [3.05, 3.63) is 10.5 Å². The number of hydrogen-bond donors (Lipinski definition) is 1. The van der Waals surface area contributed by atoms with Crippen LogP contribution in [0.4, 0.5) is 0 Å². The van der Waals surface area contributed by atoms with Crippen LogP contribution >= 0.6 is 11.8 Å². The van der Waals surface area contributed by atoms with Crippen molar-refractivity contribution in [1.82, 2.24) is 14.8 Å². The predicted molar refractivity (Wildman–Crippen MR) is 84.1 cm³/mol. The Kier molecular flexibility index (Phi) is 4.82. The van der Waals surface area contributed by atoms with E-state index in [9.17, 15) is 10.1 Å². The fraction of sp³-hybridized carbons (Fsp3) is 0.800. The molecule has 1 aromatic rings. The van der Waals surface area contributed by atoms with E-state index >= 15 is 0 Å². The van der Waals surface area contributed by atoms with Crippen LogP contribution in [0.15, 0.2) is 9.95 Å². The Hall–Kier alpha value is -1.22. The molecule has 21 heavy (non-hydrogen) atoms. The average molecular weight is 308 g/mol. The van der Waals surface area contributed by atoms with Crippen LogP contribution in [0, 0.1) is 28.6 Å². The van der Waals surface area contributed by atoms with Gasteiger partial charge in [0.1, 0.15) is 0 Å². The first-order chi connectivity index (χ1) is 9.86. The second-order valence-electron chi connectivity index (χ2n) is 6.82. The molecule has 0 aromatic carbocycles. The van der Waals surface area contributed by atoms with Crippen molar-refractivity contribution in [2.24, 2.45) is 17.3 Å². The summed E-state index contributed by atoms with van der Waals surface area (Å²) in [5.41, 5.74) is 0.0894. The highest BCUT2D eigenvalue weighted by Crippen LogP contribution is 2.45. The normalized spacial score (nSPS) is 26.5. The number of thioether (sulfide) groups is 1. The topological polar surface area (TPSA) is 74.5 Å². The summed E-state index contributed by atoms with van der Waals surface area (Å²) in [5.74, 6) is 0.658. The van der Waals surface area contributed by atoms with Gasteiger partial charge in [-0.3, -0.25) is 4.57 Å². The summed E-state index contributed by atoms with van der Waals surface area (Å²) in [6.45, 7) is 9.33. The molecule has 1 aromatic heterocycles. The Morgan fingerprint density at radius 1 is 1.48 bits per heavy atom. The lowest BCUT2D eigenvalue weighted by molar-refractivity contribution is 0.169. The van der Waals surface area contributed by atoms with Gasteiger partial charge in [-0.1, -0.05) is 32.5 Å². The van der Waals surface area contributed by atoms with E-state index in [-0.39, 0.29) is 22.3 Å². The molecule has 3 atom stereocenters. The number of rotatable bonds is 3. The van der Waals surface area contributed by atoms with E-state index in [0.29, 0.717) is 17.6 Å². The highest BCUT2D eigenvalue weighted by atomic mass is 32.2. The third-order valence-electron chi connectivity index (χ3n) is 4.48. The van der Waals surface area contributed by atoms with Crippen molar-refractivity contribution >= 4 is 11.8 Å². The predicted octanol–water partition coefficient (Wildman–Crippen LogP) is 3.04. The molecule has 0 bridgehead atoms. The Morgan fingerprint density at radius 2 is 2.19 bits per heavy atom. The van der Waals surface area contributed by atoms with E-state index < -0.39 is 0 Å². The summed E-state index contributed by atoms with van der Waals surface area (Å²) in [6.07, 6.45) is 3.06. The molecule has 1 fully saturated rings. The molecule has 3 unspecified atom stereocenters. The summed E-state index contributed by atoms with van der Waals surface area (Å²) >= 11 is 1.59. The maximum atomic E-state index is 11.7. The van der Waals surface area contributed by atoms with Gasteiger partial charge < -0.3 is 0 Å². The number of nitrogens with zero attached hydrogens (tertiary/aromatic N) is 3. The van der Waals surface area contributed by atoms with Crippen molar-refractivity contribution < 1.29 is 0 Å². The quantitative estimate of drug-likeness (QED) is 0.931. The minimum atomic E-state index is -0.170. The van der Waals surface area contributed by atoms with Gasteiger partial charge in [0.2, 0.25) is 0 Å². The molecule has 0 spiro atoms. The Bertz CT molecular complexity index is 578. The van der Waals surface area contributed by atoms with E-state index in [1.54, 1.807) is 16.3 Å². The SMILES string of the molecule is CCn1c(SC2CC(C(C)(C)C)CCC2C#N)n[nH]c1=O. The molecule has 6 heteroatoms. The van der Waals surface area contributed by atoms with Crippen LogP contribution in [0.5, 0.6) is 0 Å². The van der Waals surface area contributed by atoms with Gasteiger partial charge in [0.25, 0.3) is 0 Å². The molecule has 1 saturated carbocycles. The summed E-state index contributed by atoms with van der Waals surface area (Å²) in [5, 5.41) is 16.9. The number of H-pyrrole nitrogens is 1.